The summed E-state index contributed by atoms with van der Waals surface area (Å²) in [5, 5.41) is 4.37. The maximum atomic E-state index is 5.89. The Morgan fingerprint density at radius 3 is 2.80 bits per heavy atom. The second-order valence-corrected chi connectivity index (χ2v) is 4.74. The lowest BCUT2D eigenvalue weighted by Crippen LogP contribution is -1.96. The van der Waals surface area contributed by atoms with Gasteiger partial charge in [0.2, 0.25) is 0 Å². The maximum absolute atomic E-state index is 5.89. The quantitative estimate of drug-likeness (QED) is 0.898. The highest BCUT2D eigenvalue weighted by Crippen LogP contribution is 2.25. The van der Waals surface area contributed by atoms with Gasteiger partial charge in [-0.15, -0.1) is 11.3 Å². The van der Waals surface area contributed by atoms with Gasteiger partial charge in [-0.1, -0.05) is 23.2 Å². The predicted molar refractivity (Wildman–Crippen MR) is 65.9 cm³/mol. The number of anilines is 1. The fourth-order valence-corrected chi connectivity index (χ4v) is 1.96. The Hall–Kier alpha value is -0.770. The second-order valence-electron chi connectivity index (χ2n) is 2.95. The van der Waals surface area contributed by atoms with Crippen LogP contribution in [0.3, 0.4) is 0 Å². The molecule has 2 nitrogen and oxygen atoms in total. The standard InChI is InChI=1S/C10H8Cl2N2S/c11-9-2-1-7(3-10(9)12)14-5-8-4-13-6-15-8/h1-4,6,14H,5H2. The summed E-state index contributed by atoms with van der Waals surface area (Å²) >= 11 is 13.3. The summed E-state index contributed by atoms with van der Waals surface area (Å²) in [6.45, 7) is 0.753. The highest BCUT2D eigenvalue weighted by atomic mass is 35.5. The molecule has 0 spiro atoms. The van der Waals surface area contributed by atoms with E-state index in [2.05, 4.69) is 10.3 Å². The summed E-state index contributed by atoms with van der Waals surface area (Å²) < 4.78 is 0. The number of nitrogens with zero attached hydrogens (tertiary/aromatic N) is 1. The van der Waals surface area contributed by atoms with Gasteiger partial charge in [0.05, 0.1) is 22.1 Å². The molecule has 0 amide bonds. The van der Waals surface area contributed by atoms with E-state index in [1.54, 1.807) is 17.4 Å². The van der Waals surface area contributed by atoms with Crippen LogP contribution in [0.1, 0.15) is 4.88 Å². The third kappa shape index (κ3) is 2.84. The van der Waals surface area contributed by atoms with E-state index in [0.717, 1.165) is 12.2 Å². The monoisotopic (exact) mass is 258 g/mol. The molecule has 1 aromatic heterocycles. The Balaban J connectivity index is 2.02. The summed E-state index contributed by atoms with van der Waals surface area (Å²) in [6, 6.07) is 5.49. The van der Waals surface area contributed by atoms with Crippen LogP contribution in [0.4, 0.5) is 5.69 Å². The van der Waals surface area contributed by atoms with Gasteiger partial charge in [-0.25, -0.2) is 0 Å². The van der Waals surface area contributed by atoms with Crippen molar-refractivity contribution in [3.63, 3.8) is 0 Å². The van der Waals surface area contributed by atoms with Gasteiger partial charge >= 0.3 is 0 Å². The maximum Gasteiger partial charge on any atom is 0.0794 e. The molecule has 0 aliphatic heterocycles. The number of hydrogen-bond acceptors (Lipinski definition) is 3. The lowest BCUT2D eigenvalue weighted by atomic mass is 10.3. The first-order chi connectivity index (χ1) is 7.25. The van der Waals surface area contributed by atoms with Crippen LogP contribution >= 0.6 is 34.5 Å². The molecule has 0 atom stereocenters. The number of nitrogens with one attached hydrogen (secondary N) is 1. The van der Waals surface area contributed by atoms with Gasteiger partial charge in [0.25, 0.3) is 0 Å². The zero-order valence-electron chi connectivity index (χ0n) is 7.71. The third-order valence-electron chi connectivity index (χ3n) is 1.87. The van der Waals surface area contributed by atoms with Crippen molar-refractivity contribution in [1.29, 1.82) is 0 Å². The minimum absolute atomic E-state index is 0.561. The fraction of sp³-hybridized carbons (Fsp3) is 0.100. The van der Waals surface area contributed by atoms with Gasteiger partial charge in [-0.2, -0.15) is 0 Å². The molecular weight excluding hydrogens is 251 g/mol. The molecule has 0 bridgehead atoms. The van der Waals surface area contributed by atoms with Crippen molar-refractivity contribution in [2.24, 2.45) is 0 Å². The first-order valence-electron chi connectivity index (χ1n) is 4.32. The summed E-state index contributed by atoms with van der Waals surface area (Å²) in [7, 11) is 0. The SMILES string of the molecule is Clc1ccc(NCc2cncs2)cc1Cl. The van der Waals surface area contributed by atoms with Crippen LogP contribution in [0.25, 0.3) is 0 Å². The van der Waals surface area contributed by atoms with Gasteiger partial charge in [0.15, 0.2) is 0 Å². The number of benzene rings is 1. The molecule has 2 rings (SSSR count). The highest BCUT2D eigenvalue weighted by Gasteiger charge is 1.99. The molecular formula is C10H8Cl2N2S. The van der Waals surface area contributed by atoms with Crippen LogP contribution < -0.4 is 5.32 Å². The van der Waals surface area contributed by atoms with Crippen LogP contribution in [-0.4, -0.2) is 4.98 Å². The minimum atomic E-state index is 0.561. The number of halogens is 2. The molecule has 0 radical (unpaired) electrons. The van der Waals surface area contributed by atoms with Crippen molar-refractivity contribution in [2.45, 2.75) is 6.54 Å². The fourth-order valence-electron chi connectivity index (χ4n) is 1.12. The molecule has 1 aromatic carbocycles. The van der Waals surface area contributed by atoms with Gasteiger partial charge in [0.1, 0.15) is 0 Å². The molecule has 0 saturated heterocycles. The Morgan fingerprint density at radius 1 is 1.27 bits per heavy atom. The largest absolute Gasteiger partial charge is 0.380 e. The molecule has 2 aromatic rings. The number of aromatic nitrogens is 1. The predicted octanol–water partition coefficient (Wildman–Crippen LogP) is 4.06. The van der Waals surface area contributed by atoms with Crippen LogP contribution in [0.2, 0.25) is 10.0 Å². The van der Waals surface area contributed by atoms with Gasteiger partial charge in [0, 0.05) is 16.8 Å². The molecule has 5 heteroatoms. The van der Waals surface area contributed by atoms with Crippen molar-refractivity contribution in [1.82, 2.24) is 4.98 Å². The third-order valence-corrected chi connectivity index (χ3v) is 3.39. The van der Waals surface area contributed by atoms with Crippen LogP contribution in [0.15, 0.2) is 29.9 Å². The molecule has 1 heterocycles. The van der Waals surface area contributed by atoms with Crippen LogP contribution in [-0.2, 0) is 6.54 Å². The lowest BCUT2D eigenvalue weighted by molar-refractivity contribution is 1.17. The van der Waals surface area contributed by atoms with Gasteiger partial charge in [-0.3, -0.25) is 4.98 Å². The average Bonchev–Trinajstić information content (AvgIpc) is 2.73. The Kier molecular flexibility index (Phi) is 3.46. The molecule has 0 aliphatic carbocycles. The Labute approximate surface area is 102 Å². The summed E-state index contributed by atoms with van der Waals surface area (Å²) in [4.78, 5) is 5.18. The van der Waals surface area contributed by atoms with E-state index in [1.807, 2.05) is 23.8 Å². The molecule has 0 saturated carbocycles. The van der Waals surface area contributed by atoms with E-state index in [9.17, 15) is 0 Å². The number of rotatable bonds is 3. The first-order valence-corrected chi connectivity index (χ1v) is 5.95. The zero-order valence-corrected chi connectivity index (χ0v) is 10.0. The number of hydrogen-bond donors (Lipinski definition) is 1. The summed E-state index contributed by atoms with van der Waals surface area (Å²) in [5.41, 5.74) is 2.77. The van der Waals surface area contributed by atoms with E-state index in [-0.39, 0.29) is 0 Å². The highest BCUT2D eigenvalue weighted by molar-refractivity contribution is 7.09. The molecule has 0 unspecified atom stereocenters. The molecule has 0 aliphatic rings. The smallest absolute Gasteiger partial charge is 0.0794 e. The first kappa shape index (κ1) is 10.7. The summed E-state index contributed by atoms with van der Waals surface area (Å²) in [5.74, 6) is 0. The molecule has 15 heavy (non-hydrogen) atoms. The molecule has 0 fully saturated rings. The Bertz CT molecular complexity index is 443. The zero-order chi connectivity index (χ0) is 10.7. The molecule has 78 valence electrons. The normalized spacial score (nSPS) is 10.3. The average molecular weight is 259 g/mol. The van der Waals surface area contributed by atoms with Crippen LogP contribution in [0, 0.1) is 0 Å². The van der Waals surface area contributed by atoms with E-state index < -0.39 is 0 Å². The second kappa shape index (κ2) is 4.84. The Morgan fingerprint density at radius 2 is 2.13 bits per heavy atom. The van der Waals surface area contributed by atoms with E-state index in [0.29, 0.717) is 10.0 Å². The van der Waals surface area contributed by atoms with Crippen molar-refractivity contribution in [2.75, 3.05) is 5.32 Å². The van der Waals surface area contributed by atoms with Gasteiger partial charge < -0.3 is 5.32 Å². The lowest BCUT2D eigenvalue weighted by Gasteiger charge is -2.05. The summed E-state index contributed by atoms with van der Waals surface area (Å²) in [6.07, 6.45) is 1.84. The molecule has 1 N–H and O–H groups in total. The van der Waals surface area contributed by atoms with Crippen LogP contribution in [0.5, 0.6) is 0 Å². The van der Waals surface area contributed by atoms with Crippen molar-refractivity contribution in [3.05, 3.63) is 44.8 Å². The van der Waals surface area contributed by atoms with Crippen molar-refractivity contribution in [3.8, 4) is 0 Å². The van der Waals surface area contributed by atoms with Crippen molar-refractivity contribution >= 4 is 40.2 Å². The van der Waals surface area contributed by atoms with Gasteiger partial charge in [-0.05, 0) is 18.2 Å². The number of thiazole rings is 1. The van der Waals surface area contributed by atoms with E-state index in [4.69, 9.17) is 23.2 Å². The topological polar surface area (TPSA) is 24.9 Å². The minimum Gasteiger partial charge on any atom is -0.380 e. The van der Waals surface area contributed by atoms with E-state index in [1.165, 1.54) is 4.88 Å². The van der Waals surface area contributed by atoms with Crippen molar-refractivity contribution < 1.29 is 0 Å². The van der Waals surface area contributed by atoms with E-state index >= 15 is 0 Å².